The van der Waals surface area contributed by atoms with Crippen molar-refractivity contribution < 1.29 is 9.59 Å². The SMILES string of the molecule is CC(C)[C@H]1N=C2c3ccccc3N=C(SCC(=O)c3ccc(Br)cc3)N2C1=O. The van der Waals surface area contributed by atoms with E-state index in [0.29, 0.717) is 16.6 Å². The van der Waals surface area contributed by atoms with Gasteiger partial charge < -0.3 is 0 Å². The number of benzene rings is 2. The Balaban J connectivity index is 1.62. The van der Waals surface area contributed by atoms with E-state index in [1.54, 1.807) is 17.0 Å². The maximum absolute atomic E-state index is 13.0. The number of thioether (sulfide) groups is 1. The fourth-order valence-electron chi connectivity index (χ4n) is 3.15. The van der Waals surface area contributed by atoms with Gasteiger partial charge in [0.25, 0.3) is 5.91 Å². The van der Waals surface area contributed by atoms with Crippen LogP contribution in [0.4, 0.5) is 5.69 Å². The van der Waals surface area contributed by atoms with Gasteiger partial charge in [-0.1, -0.05) is 65.8 Å². The minimum absolute atomic E-state index is 0.00963. The highest BCUT2D eigenvalue weighted by Crippen LogP contribution is 2.34. The zero-order valence-electron chi connectivity index (χ0n) is 15.4. The number of amides is 1. The van der Waals surface area contributed by atoms with Gasteiger partial charge in [-0.05, 0) is 30.2 Å². The summed E-state index contributed by atoms with van der Waals surface area (Å²) in [4.78, 5) is 36.5. The molecule has 0 fully saturated rings. The molecule has 2 aromatic carbocycles. The van der Waals surface area contributed by atoms with Crippen LogP contribution < -0.4 is 0 Å². The van der Waals surface area contributed by atoms with Crippen molar-refractivity contribution in [2.24, 2.45) is 15.9 Å². The number of hydrogen-bond acceptors (Lipinski definition) is 5. The first-order chi connectivity index (χ1) is 13.5. The molecule has 0 saturated heterocycles. The van der Waals surface area contributed by atoms with Gasteiger partial charge in [-0.25, -0.2) is 9.89 Å². The van der Waals surface area contributed by atoms with E-state index in [-0.39, 0.29) is 23.4 Å². The first-order valence-electron chi connectivity index (χ1n) is 8.97. The van der Waals surface area contributed by atoms with Crippen molar-refractivity contribution in [1.29, 1.82) is 0 Å². The van der Waals surface area contributed by atoms with Gasteiger partial charge in [0.1, 0.15) is 11.9 Å². The van der Waals surface area contributed by atoms with Crippen molar-refractivity contribution in [3.63, 3.8) is 0 Å². The van der Waals surface area contributed by atoms with Gasteiger partial charge in [-0.3, -0.25) is 14.6 Å². The number of amidine groups is 2. The first kappa shape index (κ1) is 19.1. The molecule has 5 nitrogen and oxygen atoms in total. The second-order valence-electron chi connectivity index (χ2n) is 6.95. The van der Waals surface area contributed by atoms with E-state index < -0.39 is 6.04 Å². The molecular formula is C21H18BrN3O2S. The van der Waals surface area contributed by atoms with Gasteiger partial charge in [0.2, 0.25) is 0 Å². The maximum Gasteiger partial charge on any atom is 0.259 e. The lowest BCUT2D eigenvalue weighted by Crippen LogP contribution is -2.42. The largest absolute Gasteiger partial charge is 0.293 e. The minimum Gasteiger partial charge on any atom is -0.293 e. The Hall–Kier alpha value is -2.25. The number of ketones is 1. The fraction of sp³-hybridized carbons (Fsp3) is 0.238. The van der Waals surface area contributed by atoms with Crippen molar-refractivity contribution in [2.75, 3.05) is 5.75 Å². The van der Waals surface area contributed by atoms with E-state index in [4.69, 9.17) is 0 Å². The van der Waals surface area contributed by atoms with Crippen LogP contribution in [0.3, 0.4) is 0 Å². The number of halogens is 1. The molecule has 7 heteroatoms. The van der Waals surface area contributed by atoms with Crippen LogP contribution in [0.5, 0.6) is 0 Å². The van der Waals surface area contributed by atoms with E-state index in [1.807, 2.05) is 50.2 Å². The Morgan fingerprint density at radius 2 is 1.89 bits per heavy atom. The summed E-state index contributed by atoms with van der Waals surface area (Å²) in [5, 5.41) is 0.510. The molecule has 1 amide bonds. The van der Waals surface area contributed by atoms with Gasteiger partial charge in [-0.15, -0.1) is 0 Å². The quantitative estimate of drug-likeness (QED) is 0.628. The fourth-order valence-corrected chi connectivity index (χ4v) is 4.31. The van der Waals surface area contributed by atoms with Gasteiger partial charge in [0.05, 0.1) is 11.4 Å². The van der Waals surface area contributed by atoms with Gasteiger partial charge in [0.15, 0.2) is 11.0 Å². The van der Waals surface area contributed by atoms with Crippen molar-refractivity contribution in [2.45, 2.75) is 19.9 Å². The number of aliphatic imine (C=N–C) groups is 2. The molecular weight excluding hydrogens is 438 g/mol. The molecule has 28 heavy (non-hydrogen) atoms. The van der Waals surface area contributed by atoms with Crippen LogP contribution >= 0.6 is 27.7 Å². The molecule has 2 aliphatic heterocycles. The summed E-state index contributed by atoms with van der Waals surface area (Å²) >= 11 is 4.65. The van der Waals surface area contributed by atoms with Crippen LogP contribution in [-0.2, 0) is 4.79 Å². The normalized spacial score (nSPS) is 17.9. The standard InChI is InChI=1S/C21H18BrN3O2S/c1-12(2)18-20(27)25-19(24-18)15-5-3-4-6-16(15)23-21(25)28-11-17(26)13-7-9-14(22)10-8-13/h3-10,12,18H,11H2,1-2H3/t18-/m1/s1. The van der Waals surface area contributed by atoms with Crippen molar-refractivity contribution in [3.05, 3.63) is 64.1 Å². The highest BCUT2D eigenvalue weighted by molar-refractivity contribution is 9.10. The summed E-state index contributed by atoms with van der Waals surface area (Å²) in [6.07, 6.45) is 0. The Labute approximate surface area is 176 Å². The zero-order chi connectivity index (χ0) is 19.8. The Morgan fingerprint density at radius 3 is 2.61 bits per heavy atom. The number of hydrogen-bond donors (Lipinski definition) is 0. The lowest BCUT2D eigenvalue weighted by atomic mass is 10.1. The van der Waals surface area contributed by atoms with E-state index in [2.05, 4.69) is 25.9 Å². The molecule has 2 aromatic rings. The summed E-state index contributed by atoms with van der Waals surface area (Å²) in [7, 11) is 0. The van der Waals surface area contributed by atoms with Gasteiger partial charge in [0, 0.05) is 15.6 Å². The Bertz CT molecular complexity index is 1010. The van der Waals surface area contributed by atoms with Crippen molar-refractivity contribution >= 4 is 56.1 Å². The van der Waals surface area contributed by atoms with Gasteiger partial charge >= 0.3 is 0 Å². The zero-order valence-corrected chi connectivity index (χ0v) is 17.8. The average molecular weight is 456 g/mol. The van der Waals surface area contributed by atoms with E-state index in [1.165, 1.54) is 11.8 Å². The lowest BCUT2D eigenvalue weighted by Gasteiger charge is -2.25. The number of Topliss-reactive ketones (excluding diaryl/α,β-unsaturated/α-hetero) is 1. The third-order valence-corrected chi connectivity index (χ3v) is 6.10. The highest BCUT2D eigenvalue weighted by Gasteiger charge is 2.42. The van der Waals surface area contributed by atoms with Gasteiger partial charge in [-0.2, -0.15) is 0 Å². The second-order valence-corrected chi connectivity index (χ2v) is 8.80. The number of rotatable bonds is 4. The molecule has 0 unspecified atom stereocenters. The summed E-state index contributed by atoms with van der Waals surface area (Å²) in [5.41, 5.74) is 2.25. The van der Waals surface area contributed by atoms with E-state index in [0.717, 1.165) is 15.7 Å². The molecule has 0 radical (unpaired) electrons. The van der Waals surface area contributed by atoms with Crippen LogP contribution in [0.2, 0.25) is 0 Å². The molecule has 0 spiro atoms. The molecule has 2 aliphatic rings. The molecule has 0 saturated carbocycles. The number of fused-ring (bicyclic) bond motifs is 3. The second kappa shape index (κ2) is 7.64. The first-order valence-corrected chi connectivity index (χ1v) is 10.7. The summed E-state index contributed by atoms with van der Waals surface area (Å²) in [6, 6.07) is 14.5. The monoisotopic (exact) mass is 455 g/mol. The van der Waals surface area contributed by atoms with Crippen LogP contribution in [0.25, 0.3) is 0 Å². The Morgan fingerprint density at radius 1 is 1.18 bits per heavy atom. The van der Waals surface area contributed by atoms with E-state index in [9.17, 15) is 9.59 Å². The molecule has 0 aromatic heterocycles. The number of para-hydroxylation sites is 1. The van der Waals surface area contributed by atoms with Crippen molar-refractivity contribution in [1.82, 2.24) is 4.90 Å². The van der Waals surface area contributed by atoms with Crippen LogP contribution in [0, 0.1) is 5.92 Å². The maximum atomic E-state index is 13.0. The third-order valence-electron chi connectivity index (χ3n) is 4.63. The predicted octanol–water partition coefficient (Wildman–Crippen LogP) is 4.68. The van der Waals surface area contributed by atoms with Crippen molar-refractivity contribution in [3.8, 4) is 0 Å². The Kier molecular flexibility index (Phi) is 5.21. The number of carbonyl (C=O) groups excluding carboxylic acids is 2. The summed E-state index contributed by atoms with van der Waals surface area (Å²) in [5.74, 6) is 0.833. The minimum atomic E-state index is -0.422. The predicted molar refractivity (Wildman–Crippen MR) is 116 cm³/mol. The average Bonchev–Trinajstić information content (AvgIpc) is 3.04. The molecule has 2 heterocycles. The molecule has 1 atom stereocenters. The molecule has 0 aliphatic carbocycles. The smallest absolute Gasteiger partial charge is 0.259 e. The van der Waals surface area contributed by atoms with Crippen LogP contribution in [-0.4, -0.2) is 39.4 Å². The summed E-state index contributed by atoms with van der Waals surface area (Å²) < 4.78 is 0.924. The van der Waals surface area contributed by atoms with E-state index >= 15 is 0 Å². The summed E-state index contributed by atoms with van der Waals surface area (Å²) in [6.45, 7) is 3.97. The molecule has 142 valence electrons. The van der Waals surface area contributed by atoms with Crippen LogP contribution in [0.1, 0.15) is 29.8 Å². The topological polar surface area (TPSA) is 62.1 Å². The molecule has 4 rings (SSSR count). The highest BCUT2D eigenvalue weighted by atomic mass is 79.9. The van der Waals surface area contributed by atoms with Crippen LogP contribution in [0.15, 0.2) is 63.0 Å². The number of carbonyl (C=O) groups is 2. The molecule has 0 bridgehead atoms. The lowest BCUT2D eigenvalue weighted by molar-refractivity contribution is -0.125. The number of nitrogens with zero attached hydrogens (tertiary/aromatic N) is 3. The third kappa shape index (κ3) is 3.44. The molecule has 0 N–H and O–H groups in total.